The molecule has 3 aromatic rings. The molecule has 0 saturated heterocycles. The molecule has 5 heteroatoms. The number of hydrogen-bond donors (Lipinski definition) is 1. The maximum atomic E-state index is 11.2. The molecule has 4 rings (SSSR count). The summed E-state index contributed by atoms with van der Waals surface area (Å²) in [6.45, 7) is 3.36. The molecule has 0 bridgehead atoms. The Balaban J connectivity index is 1.77. The Bertz CT molecular complexity index is 985. The van der Waals surface area contributed by atoms with Crippen LogP contribution in [-0.2, 0) is 4.79 Å². The highest BCUT2D eigenvalue weighted by atomic mass is 16.5. The first-order valence-electron chi connectivity index (χ1n) is 9.16. The number of aryl methyl sites for hydroxylation is 1. The molecule has 0 fully saturated rings. The van der Waals surface area contributed by atoms with Gasteiger partial charge in [-0.05, 0) is 53.9 Å². The number of esters is 1. The highest BCUT2D eigenvalue weighted by molar-refractivity contribution is 5.69. The molecule has 0 saturated carbocycles. The number of pyridine rings is 1. The Morgan fingerprint density at radius 1 is 1.04 bits per heavy atom. The van der Waals surface area contributed by atoms with Crippen molar-refractivity contribution in [1.29, 1.82) is 0 Å². The lowest BCUT2D eigenvalue weighted by Crippen LogP contribution is -2.28. The number of ether oxygens (including phenoxy) is 2. The van der Waals surface area contributed by atoms with E-state index in [0.717, 1.165) is 22.3 Å². The summed E-state index contributed by atoms with van der Waals surface area (Å²) in [6, 6.07) is 16.8. The Morgan fingerprint density at radius 3 is 2.43 bits per heavy atom. The number of carbonyl (C=O) groups is 1. The molecule has 0 amide bonds. The highest BCUT2D eigenvalue weighted by Gasteiger charge is 2.39. The third-order valence-corrected chi connectivity index (χ3v) is 4.97. The van der Waals surface area contributed by atoms with E-state index in [0.29, 0.717) is 11.5 Å². The van der Waals surface area contributed by atoms with Gasteiger partial charge in [0.2, 0.25) is 0 Å². The van der Waals surface area contributed by atoms with Crippen molar-refractivity contribution >= 4 is 5.97 Å². The van der Waals surface area contributed by atoms with Crippen LogP contribution < -0.4 is 9.47 Å². The Morgan fingerprint density at radius 2 is 1.75 bits per heavy atom. The van der Waals surface area contributed by atoms with Crippen LogP contribution in [0.25, 0.3) is 0 Å². The third-order valence-electron chi connectivity index (χ3n) is 4.97. The van der Waals surface area contributed by atoms with Gasteiger partial charge in [0.25, 0.3) is 0 Å². The fraction of sp³-hybridized carbons (Fsp3) is 0.217. The first-order chi connectivity index (χ1) is 13.5. The molecular formula is C23H21NO4. The smallest absolute Gasteiger partial charge is 0.308 e. The van der Waals surface area contributed by atoms with Crippen molar-refractivity contribution in [3.63, 3.8) is 0 Å². The van der Waals surface area contributed by atoms with Crippen LogP contribution in [0.4, 0.5) is 0 Å². The van der Waals surface area contributed by atoms with Gasteiger partial charge in [-0.25, -0.2) is 0 Å². The van der Waals surface area contributed by atoms with E-state index in [9.17, 15) is 9.90 Å². The standard InChI is InChI=1S/C23H21NO4/c1-14-3-8-19-20(13-14)28-23(17-9-11-24-12-10-17)21(22(19)26)16-4-6-18(7-5-16)27-15(2)25/h3-13,21-23,26H,1-2H3. The summed E-state index contributed by atoms with van der Waals surface area (Å²) in [6.07, 6.45) is 2.34. The molecule has 1 N–H and O–H groups in total. The highest BCUT2D eigenvalue weighted by Crippen LogP contribution is 2.50. The van der Waals surface area contributed by atoms with Gasteiger partial charge in [0.1, 0.15) is 17.6 Å². The monoisotopic (exact) mass is 375 g/mol. The molecule has 0 spiro atoms. The summed E-state index contributed by atoms with van der Waals surface area (Å²) in [5, 5.41) is 11.2. The van der Waals surface area contributed by atoms with Gasteiger partial charge in [-0.1, -0.05) is 24.3 Å². The summed E-state index contributed by atoms with van der Waals surface area (Å²) in [4.78, 5) is 15.3. The molecule has 1 aromatic heterocycles. The van der Waals surface area contributed by atoms with Gasteiger partial charge >= 0.3 is 5.97 Å². The summed E-state index contributed by atoms with van der Waals surface area (Å²) >= 11 is 0. The van der Waals surface area contributed by atoms with E-state index in [1.807, 2.05) is 49.4 Å². The number of aromatic nitrogens is 1. The molecule has 1 aliphatic heterocycles. The van der Waals surface area contributed by atoms with Crippen molar-refractivity contribution in [2.24, 2.45) is 0 Å². The quantitative estimate of drug-likeness (QED) is 0.547. The summed E-state index contributed by atoms with van der Waals surface area (Å²) in [5.74, 6) is 0.484. The van der Waals surface area contributed by atoms with Crippen molar-refractivity contribution in [2.45, 2.75) is 32.0 Å². The van der Waals surface area contributed by atoms with E-state index in [1.54, 1.807) is 24.5 Å². The minimum absolute atomic E-state index is 0.316. The summed E-state index contributed by atoms with van der Waals surface area (Å²) in [7, 11) is 0. The van der Waals surface area contributed by atoms with Gasteiger partial charge in [-0.2, -0.15) is 0 Å². The largest absolute Gasteiger partial charge is 0.485 e. The molecule has 3 atom stereocenters. The topological polar surface area (TPSA) is 68.7 Å². The van der Waals surface area contributed by atoms with Gasteiger partial charge in [0, 0.05) is 24.9 Å². The van der Waals surface area contributed by atoms with Crippen molar-refractivity contribution in [3.8, 4) is 11.5 Å². The molecule has 2 heterocycles. The molecule has 28 heavy (non-hydrogen) atoms. The minimum Gasteiger partial charge on any atom is -0.485 e. The Hall–Kier alpha value is -3.18. The average Bonchev–Trinajstić information content (AvgIpc) is 2.69. The van der Waals surface area contributed by atoms with Gasteiger partial charge in [0.05, 0.1) is 12.0 Å². The van der Waals surface area contributed by atoms with E-state index in [4.69, 9.17) is 9.47 Å². The fourth-order valence-electron chi connectivity index (χ4n) is 3.67. The fourth-order valence-corrected chi connectivity index (χ4v) is 3.67. The van der Waals surface area contributed by atoms with Crippen LogP contribution in [0.1, 0.15) is 47.3 Å². The SMILES string of the molecule is CC(=O)Oc1ccc(C2C(O)c3ccc(C)cc3OC2c2ccncc2)cc1. The zero-order valence-electron chi connectivity index (χ0n) is 15.7. The zero-order chi connectivity index (χ0) is 19.7. The lowest BCUT2D eigenvalue weighted by Gasteiger charge is -2.38. The second kappa shape index (κ2) is 7.44. The van der Waals surface area contributed by atoms with E-state index in [-0.39, 0.29) is 18.0 Å². The second-order valence-corrected chi connectivity index (χ2v) is 6.99. The van der Waals surface area contributed by atoms with Crippen molar-refractivity contribution in [1.82, 2.24) is 4.98 Å². The van der Waals surface area contributed by atoms with Crippen LogP contribution in [0, 0.1) is 6.92 Å². The van der Waals surface area contributed by atoms with E-state index < -0.39 is 6.10 Å². The van der Waals surface area contributed by atoms with Crippen molar-refractivity contribution in [3.05, 3.63) is 89.2 Å². The van der Waals surface area contributed by atoms with Crippen LogP contribution in [0.5, 0.6) is 11.5 Å². The number of benzene rings is 2. The van der Waals surface area contributed by atoms with Gasteiger partial charge in [-0.3, -0.25) is 9.78 Å². The number of fused-ring (bicyclic) bond motifs is 1. The summed E-state index contributed by atoms with van der Waals surface area (Å²) < 4.78 is 11.5. The maximum Gasteiger partial charge on any atom is 0.308 e. The van der Waals surface area contributed by atoms with Gasteiger partial charge in [-0.15, -0.1) is 0 Å². The molecule has 0 aliphatic carbocycles. The number of nitrogens with zero attached hydrogens (tertiary/aromatic N) is 1. The van der Waals surface area contributed by atoms with Crippen LogP contribution >= 0.6 is 0 Å². The lowest BCUT2D eigenvalue weighted by atomic mass is 9.80. The second-order valence-electron chi connectivity index (χ2n) is 6.99. The first kappa shape index (κ1) is 18.2. The average molecular weight is 375 g/mol. The Kier molecular flexibility index (Phi) is 4.84. The normalized spacial score (nSPS) is 20.8. The first-order valence-corrected chi connectivity index (χ1v) is 9.16. The molecular weight excluding hydrogens is 354 g/mol. The van der Waals surface area contributed by atoms with Crippen LogP contribution in [-0.4, -0.2) is 16.1 Å². The van der Waals surface area contributed by atoms with E-state index >= 15 is 0 Å². The predicted molar refractivity (Wildman–Crippen MR) is 104 cm³/mol. The lowest BCUT2D eigenvalue weighted by molar-refractivity contribution is -0.131. The molecule has 142 valence electrons. The van der Waals surface area contributed by atoms with Gasteiger partial charge < -0.3 is 14.6 Å². The molecule has 3 unspecified atom stereocenters. The molecule has 2 aromatic carbocycles. The summed E-state index contributed by atoms with van der Waals surface area (Å²) in [5.41, 5.74) is 3.68. The molecule has 5 nitrogen and oxygen atoms in total. The number of hydrogen-bond acceptors (Lipinski definition) is 5. The predicted octanol–water partition coefficient (Wildman–Crippen LogP) is 4.27. The van der Waals surface area contributed by atoms with Crippen molar-refractivity contribution in [2.75, 3.05) is 0 Å². The number of aliphatic hydroxyl groups excluding tert-OH is 1. The van der Waals surface area contributed by atoms with E-state index in [1.165, 1.54) is 6.92 Å². The molecule has 1 aliphatic rings. The molecule has 0 radical (unpaired) electrons. The number of rotatable bonds is 3. The van der Waals surface area contributed by atoms with Crippen LogP contribution in [0.15, 0.2) is 67.0 Å². The van der Waals surface area contributed by atoms with Crippen LogP contribution in [0.3, 0.4) is 0 Å². The van der Waals surface area contributed by atoms with Crippen LogP contribution in [0.2, 0.25) is 0 Å². The third kappa shape index (κ3) is 3.49. The van der Waals surface area contributed by atoms with Crippen molar-refractivity contribution < 1.29 is 19.4 Å². The number of carbonyl (C=O) groups excluding carboxylic acids is 1. The Labute approximate surface area is 163 Å². The van der Waals surface area contributed by atoms with E-state index in [2.05, 4.69) is 4.98 Å². The van der Waals surface area contributed by atoms with Gasteiger partial charge in [0.15, 0.2) is 0 Å². The zero-order valence-corrected chi connectivity index (χ0v) is 15.7. The number of aliphatic hydroxyl groups is 1. The maximum absolute atomic E-state index is 11.2. The minimum atomic E-state index is -0.734.